The summed E-state index contributed by atoms with van der Waals surface area (Å²) in [5.74, 6) is 0.643. The third-order valence-electron chi connectivity index (χ3n) is 4.27. The number of unbranched alkanes of at least 4 members (excludes halogenated alkanes) is 1. The van der Waals surface area contributed by atoms with Gasteiger partial charge in [-0.15, -0.1) is 0 Å². The summed E-state index contributed by atoms with van der Waals surface area (Å²) >= 11 is 0. The van der Waals surface area contributed by atoms with Gasteiger partial charge in [0.25, 0.3) is 0 Å². The van der Waals surface area contributed by atoms with E-state index in [0.717, 1.165) is 25.9 Å². The predicted molar refractivity (Wildman–Crippen MR) is 86.9 cm³/mol. The molecule has 1 saturated carbocycles. The summed E-state index contributed by atoms with van der Waals surface area (Å²) in [6.45, 7) is 7.00. The Kier molecular flexibility index (Phi) is 6.92. The van der Waals surface area contributed by atoms with Crippen LogP contribution in [-0.4, -0.2) is 57.8 Å². The Bertz CT molecular complexity index is 390. The van der Waals surface area contributed by atoms with Gasteiger partial charge in [0.15, 0.2) is 0 Å². The van der Waals surface area contributed by atoms with E-state index in [0.29, 0.717) is 18.5 Å². The fourth-order valence-electron chi connectivity index (χ4n) is 2.82. The highest BCUT2D eigenvalue weighted by atomic mass is 32.2. The third-order valence-corrected chi connectivity index (χ3v) is 5.70. The Labute approximate surface area is 129 Å². The van der Waals surface area contributed by atoms with Crippen LogP contribution in [0.2, 0.25) is 0 Å². The maximum Gasteiger partial charge on any atom is 0.211 e. The van der Waals surface area contributed by atoms with Gasteiger partial charge in [-0.2, -0.15) is 0 Å². The van der Waals surface area contributed by atoms with E-state index in [1.54, 1.807) is 0 Å². The van der Waals surface area contributed by atoms with Crippen LogP contribution < -0.4 is 10.0 Å². The van der Waals surface area contributed by atoms with Crippen molar-refractivity contribution in [2.45, 2.75) is 51.5 Å². The van der Waals surface area contributed by atoms with Crippen molar-refractivity contribution in [3.8, 4) is 0 Å². The van der Waals surface area contributed by atoms with Gasteiger partial charge in [0.05, 0.1) is 5.75 Å². The second-order valence-corrected chi connectivity index (χ2v) is 8.64. The van der Waals surface area contributed by atoms with Crippen molar-refractivity contribution in [2.24, 2.45) is 5.92 Å². The van der Waals surface area contributed by atoms with Crippen LogP contribution in [0.5, 0.6) is 0 Å². The summed E-state index contributed by atoms with van der Waals surface area (Å²) in [6, 6.07) is 0.714. The van der Waals surface area contributed by atoms with E-state index in [1.165, 1.54) is 38.8 Å². The molecule has 0 aromatic rings. The molecule has 0 spiro atoms. The van der Waals surface area contributed by atoms with Crippen LogP contribution in [-0.2, 0) is 10.0 Å². The minimum Gasteiger partial charge on any atom is -0.314 e. The third kappa shape index (κ3) is 7.58. The van der Waals surface area contributed by atoms with Gasteiger partial charge < -0.3 is 10.2 Å². The summed E-state index contributed by atoms with van der Waals surface area (Å²) in [4.78, 5) is 2.43. The number of nitrogens with one attached hydrogen (secondary N) is 2. The summed E-state index contributed by atoms with van der Waals surface area (Å²) in [7, 11) is -3.09. The molecule has 1 unspecified atom stereocenters. The van der Waals surface area contributed by atoms with Crippen LogP contribution in [0.25, 0.3) is 0 Å². The van der Waals surface area contributed by atoms with Crippen molar-refractivity contribution in [2.75, 3.05) is 38.5 Å². The van der Waals surface area contributed by atoms with Crippen LogP contribution in [0.4, 0.5) is 0 Å². The van der Waals surface area contributed by atoms with Gasteiger partial charge in [-0.25, -0.2) is 13.1 Å². The van der Waals surface area contributed by atoms with E-state index in [4.69, 9.17) is 0 Å². The van der Waals surface area contributed by atoms with Crippen LogP contribution in [0, 0.1) is 5.92 Å². The Morgan fingerprint density at radius 3 is 2.57 bits per heavy atom. The zero-order valence-electron chi connectivity index (χ0n) is 13.3. The van der Waals surface area contributed by atoms with Gasteiger partial charge in [-0.3, -0.25) is 0 Å². The van der Waals surface area contributed by atoms with Gasteiger partial charge in [0.1, 0.15) is 0 Å². The van der Waals surface area contributed by atoms with Gasteiger partial charge in [-0.1, -0.05) is 6.92 Å². The van der Waals surface area contributed by atoms with Crippen molar-refractivity contribution in [1.29, 1.82) is 0 Å². The predicted octanol–water partition coefficient (Wildman–Crippen LogP) is 1.17. The Morgan fingerprint density at radius 2 is 1.90 bits per heavy atom. The maximum absolute atomic E-state index is 11.9. The second kappa shape index (κ2) is 8.46. The van der Waals surface area contributed by atoms with Crippen molar-refractivity contribution < 1.29 is 8.42 Å². The molecule has 0 amide bonds. The van der Waals surface area contributed by atoms with E-state index >= 15 is 0 Å². The molecule has 2 rings (SSSR count). The van der Waals surface area contributed by atoms with Gasteiger partial charge in [0, 0.05) is 19.1 Å². The molecule has 2 fully saturated rings. The molecule has 2 N–H and O–H groups in total. The standard InChI is InChI=1S/C15H31N3O2S/c1-14(13-18-9-3-4-10-18)12-17-21(19,20)11-5-2-8-16-15-6-7-15/h14-17H,2-13H2,1H3. The second-order valence-electron chi connectivity index (χ2n) is 6.72. The van der Waals surface area contributed by atoms with E-state index in [9.17, 15) is 8.42 Å². The van der Waals surface area contributed by atoms with Gasteiger partial charge in [-0.05, 0) is 64.1 Å². The lowest BCUT2D eigenvalue weighted by Crippen LogP contribution is -2.35. The van der Waals surface area contributed by atoms with Crippen molar-refractivity contribution in [3.63, 3.8) is 0 Å². The fourth-order valence-corrected chi connectivity index (χ4v) is 4.09. The summed E-state index contributed by atoms with van der Waals surface area (Å²) in [5.41, 5.74) is 0. The summed E-state index contributed by atoms with van der Waals surface area (Å²) in [5, 5.41) is 3.41. The molecule has 1 aliphatic carbocycles. The molecule has 0 bridgehead atoms. The molecule has 2 aliphatic rings. The largest absolute Gasteiger partial charge is 0.314 e. The molecule has 0 radical (unpaired) electrons. The minimum atomic E-state index is -3.09. The number of nitrogens with zero attached hydrogens (tertiary/aromatic N) is 1. The molecule has 1 aliphatic heterocycles. The van der Waals surface area contributed by atoms with E-state index in [-0.39, 0.29) is 5.75 Å². The molecule has 1 heterocycles. The first kappa shape index (κ1) is 17.2. The van der Waals surface area contributed by atoms with E-state index in [1.807, 2.05) is 0 Å². The lowest BCUT2D eigenvalue weighted by molar-refractivity contribution is 0.288. The topological polar surface area (TPSA) is 61.4 Å². The zero-order valence-corrected chi connectivity index (χ0v) is 14.1. The molecule has 5 nitrogen and oxygen atoms in total. The van der Waals surface area contributed by atoms with Crippen molar-refractivity contribution in [1.82, 2.24) is 14.9 Å². The molecular formula is C15H31N3O2S. The SMILES string of the molecule is CC(CNS(=O)(=O)CCCCNC1CC1)CN1CCCC1. The summed E-state index contributed by atoms with van der Waals surface area (Å²) < 4.78 is 26.6. The summed E-state index contributed by atoms with van der Waals surface area (Å²) in [6.07, 6.45) is 6.83. The molecule has 124 valence electrons. The first-order chi connectivity index (χ1) is 10.1. The molecule has 0 aromatic carbocycles. The van der Waals surface area contributed by atoms with Crippen LogP contribution in [0.15, 0.2) is 0 Å². The number of hydrogen-bond donors (Lipinski definition) is 2. The van der Waals surface area contributed by atoms with Crippen LogP contribution in [0.1, 0.15) is 45.4 Å². The van der Waals surface area contributed by atoms with Crippen LogP contribution in [0.3, 0.4) is 0 Å². The number of rotatable bonds is 11. The Morgan fingerprint density at radius 1 is 1.19 bits per heavy atom. The van der Waals surface area contributed by atoms with Crippen molar-refractivity contribution >= 4 is 10.0 Å². The van der Waals surface area contributed by atoms with Crippen molar-refractivity contribution in [3.05, 3.63) is 0 Å². The van der Waals surface area contributed by atoms with E-state index < -0.39 is 10.0 Å². The number of sulfonamides is 1. The van der Waals surface area contributed by atoms with E-state index in [2.05, 4.69) is 21.9 Å². The minimum absolute atomic E-state index is 0.260. The highest BCUT2D eigenvalue weighted by Crippen LogP contribution is 2.18. The van der Waals surface area contributed by atoms with Gasteiger partial charge >= 0.3 is 0 Å². The Balaban J connectivity index is 1.51. The average molecular weight is 317 g/mol. The fraction of sp³-hybridized carbons (Fsp3) is 1.00. The molecular weight excluding hydrogens is 286 g/mol. The first-order valence-corrected chi connectivity index (χ1v) is 10.1. The highest BCUT2D eigenvalue weighted by molar-refractivity contribution is 7.89. The molecule has 0 aromatic heterocycles. The zero-order chi connectivity index (χ0) is 15.1. The lowest BCUT2D eigenvalue weighted by atomic mass is 10.2. The average Bonchev–Trinajstić information content (AvgIpc) is 3.12. The number of hydrogen-bond acceptors (Lipinski definition) is 4. The molecule has 1 atom stereocenters. The normalized spacial score (nSPS) is 21.8. The first-order valence-electron chi connectivity index (χ1n) is 8.48. The molecule has 1 saturated heterocycles. The monoisotopic (exact) mass is 317 g/mol. The highest BCUT2D eigenvalue weighted by Gasteiger charge is 2.20. The maximum atomic E-state index is 11.9. The van der Waals surface area contributed by atoms with Crippen LogP contribution >= 0.6 is 0 Å². The lowest BCUT2D eigenvalue weighted by Gasteiger charge is -2.20. The van der Waals surface area contributed by atoms with Gasteiger partial charge in [0.2, 0.25) is 10.0 Å². The quantitative estimate of drug-likeness (QED) is 0.562. The smallest absolute Gasteiger partial charge is 0.211 e. The molecule has 6 heteroatoms. The molecule has 21 heavy (non-hydrogen) atoms. The Hall–Kier alpha value is -0.170. The number of likely N-dealkylation sites (tertiary alicyclic amines) is 1.